The van der Waals surface area contributed by atoms with Crippen molar-refractivity contribution >= 4 is 16.7 Å². The minimum atomic E-state index is 0.0328. The SMILES string of the molecule is N=C(N)c1ccc2[nH]c(-c3cc(-c4ccc(CN)cc4)ccc3O)cc2c1. The van der Waals surface area contributed by atoms with Crippen molar-refractivity contribution in [1.82, 2.24) is 4.98 Å². The lowest BCUT2D eigenvalue weighted by Gasteiger charge is -2.08. The smallest absolute Gasteiger partial charge is 0.124 e. The molecule has 0 aliphatic heterocycles. The lowest BCUT2D eigenvalue weighted by atomic mass is 10.00. The van der Waals surface area contributed by atoms with Crippen LogP contribution in [0.2, 0.25) is 0 Å². The van der Waals surface area contributed by atoms with Gasteiger partial charge in [-0.25, -0.2) is 0 Å². The van der Waals surface area contributed by atoms with Crippen LogP contribution in [0.4, 0.5) is 0 Å². The van der Waals surface area contributed by atoms with Crippen LogP contribution in [-0.2, 0) is 6.54 Å². The average Bonchev–Trinajstić information content (AvgIpc) is 3.11. The van der Waals surface area contributed by atoms with Crippen LogP contribution in [0, 0.1) is 5.41 Å². The third-order valence-electron chi connectivity index (χ3n) is 4.74. The molecule has 1 aromatic heterocycles. The zero-order valence-electron chi connectivity index (χ0n) is 14.7. The fourth-order valence-corrected chi connectivity index (χ4v) is 3.21. The minimum Gasteiger partial charge on any atom is -0.507 e. The van der Waals surface area contributed by atoms with Crippen molar-refractivity contribution in [3.8, 4) is 28.1 Å². The first-order valence-electron chi connectivity index (χ1n) is 8.65. The molecule has 5 heteroatoms. The Morgan fingerprint density at radius 1 is 0.926 bits per heavy atom. The Labute approximate surface area is 156 Å². The number of aromatic amines is 1. The summed E-state index contributed by atoms with van der Waals surface area (Å²) >= 11 is 0. The van der Waals surface area contributed by atoms with E-state index in [-0.39, 0.29) is 11.6 Å². The van der Waals surface area contributed by atoms with E-state index in [1.165, 1.54) is 0 Å². The first-order chi connectivity index (χ1) is 13.0. The highest BCUT2D eigenvalue weighted by atomic mass is 16.3. The Balaban J connectivity index is 1.78. The number of H-pyrrole nitrogens is 1. The van der Waals surface area contributed by atoms with Crippen LogP contribution < -0.4 is 11.5 Å². The Kier molecular flexibility index (Phi) is 4.14. The maximum atomic E-state index is 10.4. The average molecular weight is 356 g/mol. The van der Waals surface area contributed by atoms with Gasteiger partial charge in [-0.3, -0.25) is 5.41 Å². The van der Waals surface area contributed by atoms with Crippen LogP contribution in [0.1, 0.15) is 11.1 Å². The first-order valence-corrected chi connectivity index (χ1v) is 8.65. The molecule has 0 radical (unpaired) electrons. The topological polar surface area (TPSA) is 112 Å². The van der Waals surface area contributed by atoms with E-state index in [9.17, 15) is 5.11 Å². The lowest BCUT2D eigenvalue weighted by Crippen LogP contribution is -2.10. The van der Waals surface area contributed by atoms with E-state index < -0.39 is 0 Å². The van der Waals surface area contributed by atoms with Gasteiger partial charge in [0.2, 0.25) is 0 Å². The molecule has 0 unspecified atom stereocenters. The van der Waals surface area contributed by atoms with Crippen LogP contribution >= 0.6 is 0 Å². The molecule has 3 aromatic carbocycles. The number of benzene rings is 3. The Morgan fingerprint density at radius 2 is 1.67 bits per heavy atom. The number of nitrogens with one attached hydrogen (secondary N) is 2. The van der Waals surface area contributed by atoms with Crippen LogP contribution in [0.15, 0.2) is 66.7 Å². The molecule has 4 aromatic rings. The van der Waals surface area contributed by atoms with Gasteiger partial charge in [0.15, 0.2) is 0 Å². The molecule has 0 saturated heterocycles. The molecule has 5 nitrogen and oxygen atoms in total. The molecule has 0 atom stereocenters. The van der Waals surface area contributed by atoms with Crippen LogP contribution in [0.5, 0.6) is 5.75 Å². The van der Waals surface area contributed by atoms with Gasteiger partial charge in [0.05, 0.1) is 5.69 Å². The van der Waals surface area contributed by atoms with Crippen LogP contribution in [-0.4, -0.2) is 15.9 Å². The van der Waals surface area contributed by atoms with Crippen molar-refractivity contribution in [2.24, 2.45) is 11.5 Å². The largest absolute Gasteiger partial charge is 0.507 e. The van der Waals surface area contributed by atoms with Gasteiger partial charge in [0, 0.05) is 28.6 Å². The molecule has 0 aliphatic carbocycles. The van der Waals surface area contributed by atoms with Crippen molar-refractivity contribution in [3.63, 3.8) is 0 Å². The van der Waals surface area contributed by atoms with Gasteiger partial charge >= 0.3 is 0 Å². The highest BCUT2D eigenvalue weighted by Crippen LogP contribution is 2.35. The highest BCUT2D eigenvalue weighted by Gasteiger charge is 2.11. The Morgan fingerprint density at radius 3 is 2.37 bits per heavy atom. The molecule has 0 saturated carbocycles. The van der Waals surface area contributed by atoms with E-state index in [1.54, 1.807) is 12.1 Å². The Hall–Kier alpha value is -3.57. The molecule has 134 valence electrons. The third kappa shape index (κ3) is 3.16. The van der Waals surface area contributed by atoms with Crippen molar-refractivity contribution in [2.45, 2.75) is 6.54 Å². The van der Waals surface area contributed by atoms with E-state index in [4.69, 9.17) is 16.9 Å². The second-order valence-corrected chi connectivity index (χ2v) is 6.53. The van der Waals surface area contributed by atoms with E-state index in [0.717, 1.165) is 38.9 Å². The predicted octanol–water partition coefficient (Wildman–Crippen LogP) is 3.95. The quantitative estimate of drug-likeness (QED) is 0.282. The molecule has 1 heterocycles. The third-order valence-corrected chi connectivity index (χ3v) is 4.74. The van der Waals surface area contributed by atoms with E-state index in [2.05, 4.69) is 4.98 Å². The number of phenols is 1. The van der Waals surface area contributed by atoms with Crippen molar-refractivity contribution in [2.75, 3.05) is 0 Å². The summed E-state index contributed by atoms with van der Waals surface area (Å²) in [6.45, 7) is 0.512. The van der Waals surface area contributed by atoms with Crippen LogP contribution in [0.3, 0.4) is 0 Å². The molecule has 0 fully saturated rings. The fraction of sp³-hybridized carbons (Fsp3) is 0.0455. The molecule has 0 spiro atoms. The molecule has 0 aliphatic rings. The minimum absolute atomic E-state index is 0.0328. The number of phenolic OH excluding ortho intramolecular Hbond substituents is 1. The molecule has 27 heavy (non-hydrogen) atoms. The summed E-state index contributed by atoms with van der Waals surface area (Å²) < 4.78 is 0. The van der Waals surface area contributed by atoms with E-state index in [0.29, 0.717) is 12.1 Å². The maximum absolute atomic E-state index is 10.4. The number of amidine groups is 1. The zero-order chi connectivity index (χ0) is 19.0. The molecule has 7 N–H and O–H groups in total. The van der Waals surface area contributed by atoms with Crippen LogP contribution in [0.25, 0.3) is 33.3 Å². The highest BCUT2D eigenvalue weighted by molar-refractivity contribution is 5.99. The van der Waals surface area contributed by atoms with Gasteiger partial charge in [-0.15, -0.1) is 0 Å². The van der Waals surface area contributed by atoms with Crippen molar-refractivity contribution in [3.05, 3.63) is 77.9 Å². The first kappa shape index (κ1) is 16.9. The fourth-order valence-electron chi connectivity index (χ4n) is 3.21. The number of aromatic nitrogens is 1. The number of nitrogens with two attached hydrogens (primary N) is 2. The molecule has 0 bridgehead atoms. The van der Waals surface area contributed by atoms with E-state index in [1.807, 2.05) is 54.6 Å². The maximum Gasteiger partial charge on any atom is 0.124 e. The van der Waals surface area contributed by atoms with E-state index >= 15 is 0 Å². The molecule has 4 rings (SSSR count). The molecule has 0 amide bonds. The second kappa shape index (κ2) is 6.63. The van der Waals surface area contributed by atoms with Gasteiger partial charge in [-0.2, -0.15) is 0 Å². The standard InChI is InChI=1S/C22H20N4O/c23-12-13-1-3-14(4-2-13)15-6-8-21(27)18(10-15)20-11-17-9-16(22(24)25)5-7-19(17)26-20/h1-11,26-27H,12,23H2,(H3,24,25). The van der Waals surface area contributed by atoms with Crippen molar-refractivity contribution in [1.29, 1.82) is 5.41 Å². The summed E-state index contributed by atoms with van der Waals surface area (Å²) in [4.78, 5) is 3.33. The second-order valence-electron chi connectivity index (χ2n) is 6.53. The summed E-state index contributed by atoms with van der Waals surface area (Å²) in [5.41, 5.74) is 17.5. The zero-order valence-corrected chi connectivity index (χ0v) is 14.7. The number of hydrogen-bond acceptors (Lipinski definition) is 3. The van der Waals surface area contributed by atoms with Gasteiger partial charge in [0.1, 0.15) is 11.6 Å². The van der Waals surface area contributed by atoms with Gasteiger partial charge in [-0.1, -0.05) is 30.3 Å². The monoisotopic (exact) mass is 356 g/mol. The van der Waals surface area contributed by atoms with Gasteiger partial charge in [-0.05, 0) is 53.1 Å². The number of rotatable bonds is 4. The Bertz CT molecular complexity index is 1140. The normalized spacial score (nSPS) is 11.0. The van der Waals surface area contributed by atoms with Crippen molar-refractivity contribution < 1.29 is 5.11 Å². The summed E-state index contributed by atoms with van der Waals surface area (Å²) in [6, 6.07) is 21.2. The van der Waals surface area contributed by atoms with Gasteiger partial charge < -0.3 is 21.6 Å². The lowest BCUT2D eigenvalue weighted by molar-refractivity contribution is 0.477. The number of nitrogen functional groups attached to an aromatic ring is 1. The molecular formula is C22H20N4O. The number of hydrogen-bond donors (Lipinski definition) is 5. The van der Waals surface area contributed by atoms with Gasteiger partial charge in [0.25, 0.3) is 0 Å². The summed E-state index contributed by atoms with van der Waals surface area (Å²) in [5.74, 6) is 0.237. The summed E-state index contributed by atoms with van der Waals surface area (Å²) in [6.07, 6.45) is 0. The molecular weight excluding hydrogens is 336 g/mol. The predicted molar refractivity (Wildman–Crippen MR) is 110 cm³/mol. The number of fused-ring (bicyclic) bond motifs is 1. The summed E-state index contributed by atoms with van der Waals surface area (Å²) in [7, 11) is 0. The number of aromatic hydroxyl groups is 1. The summed E-state index contributed by atoms with van der Waals surface area (Å²) in [5, 5.41) is 18.9.